The van der Waals surface area contributed by atoms with E-state index in [2.05, 4.69) is 15.5 Å². The maximum absolute atomic E-state index is 12.8. The lowest BCUT2D eigenvalue weighted by Gasteiger charge is -2.34. The summed E-state index contributed by atoms with van der Waals surface area (Å²) in [5.74, 6) is 0. The Bertz CT molecular complexity index is 793. The molecule has 8 heteroatoms. The Morgan fingerprint density at radius 3 is 2.45 bits per heavy atom. The lowest BCUT2D eigenvalue weighted by atomic mass is 10.0. The summed E-state index contributed by atoms with van der Waals surface area (Å²) in [6, 6.07) is 14.4. The first-order chi connectivity index (χ1) is 13.9. The van der Waals surface area contributed by atoms with Gasteiger partial charge in [-0.15, -0.1) is 0 Å². The van der Waals surface area contributed by atoms with Crippen LogP contribution in [0.25, 0.3) is 0 Å². The van der Waals surface area contributed by atoms with E-state index in [9.17, 15) is 18.0 Å². The van der Waals surface area contributed by atoms with Gasteiger partial charge < -0.3 is 15.4 Å². The Morgan fingerprint density at radius 2 is 1.76 bits per heavy atom. The number of hydrogen-bond donors (Lipinski definition) is 2. The quantitative estimate of drug-likeness (QED) is 0.770. The normalized spacial score (nSPS) is 16.2. The Kier molecular flexibility index (Phi) is 7.11. The zero-order valence-corrected chi connectivity index (χ0v) is 15.9. The molecule has 1 saturated heterocycles. The van der Waals surface area contributed by atoms with Crippen molar-refractivity contribution < 1.29 is 22.7 Å². The first-order valence-corrected chi connectivity index (χ1v) is 9.48. The van der Waals surface area contributed by atoms with Crippen molar-refractivity contribution in [2.45, 2.75) is 18.8 Å². The molecular formula is C21H24F3N3O2. The van der Waals surface area contributed by atoms with Gasteiger partial charge in [-0.1, -0.05) is 42.5 Å². The van der Waals surface area contributed by atoms with Gasteiger partial charge in [-0.05, 0) is 23.3 Å². The second kappa shape index (κ2) is 9.76. The van der Waals surface area contributed by atoms with Crippen molar-refractivity contribution in [3.8, 4) is 0 Å². The van der Waals surface area contributed by atoms with Gasteiger partial charge in [0.1, 0.15) is 0 Å². The highest BCUT2D eigenvalue weighted by Crippen LogP contribution is 2.29. The highest BCUT2D eigenvalue weighted by atomic mass is 19.4. The van der Waals surface area contributed by atoms with Crippen LogP contribution in [-0.4, -0.2) is 43.8 Å². The van der Waals surface area contributed by atoms with Gasteiger partial charge in [-0.25, -0.2) is 4.79 Å². The van der Waals surface area contributed by atoms with Crippen molar-refractivity contribution in [1.29, 1.82) is 0 Å². The molecule has 0 bridgehead atoms. The number of alkyl halides is 3. The molecule has 2 aromatic rings. The van der Waals surface area contributed by atoms with Crippen LogP contribution in [0, 0.1) is 0 Å². The Labute approximate surface area is 167 Å². The van der Waals surface area contributed by atoms with E-state index < -0.39 is 17.8 Å². The van der Waals surface area contributed by atoms with E-state index in [4.69, 9.17) is 4.74 Å². The third kappa shape index (κ3) is 6.20. The van der Waals surface area contributed by atoms with Crippen LogP contribution >= 0.6 is 0 Å². The van der Waals surface area contributed by atoms with Gasteiger partial charge in [-0.2, -0.15) is 13.2 Å². The van der Waals surface area contributed by atoms with Crippen molar-refractivity contribution in [3.05, 3.63) is 71.3 Å². The summed E-state index contributed by atoms with van der Waals surface area (Å²) < 4.78 is 43.8. The highest BCUT2D eigenvalue weighted by Gasteiger charge is 2.30. The van der Waals surface area contributed by atoms with Crippen molar-refractivity contribution in [1.82, 2.24) is 15.5 Å². The first-order valence-electron chi connectivity index (χ1n) is 9.48. The topological polar surface area (TPSA) is 53.6 Å². The smallest absolute Gasteiger partial charge is 0.379 e. The number of amides is 2. The van der Waals surface area contributed by atoms with Crippen LogP contribution in [0.5, 0.6) is 0 Å². The van der Waals surface area contributed by atoms with E-state index in [1.165, 1.54) is 6.07 Å². The summed E-state index contributed by atoms with van der Waals surface area (Å²) in [6.45, 7) is 3.23. The third-order valence-corrected chi connectivity index (χ3v) is 4.83. The van der Waals surface area contributed by atoms with Gasteiger partial charge in [0, 0.05) is 26.2 Å². The van der Waals surface area contributed by atoms with Crippen LogP contribution in [0.2, 0.25) is 0 Å². The fourth-order valence-electron chi connectivity index (χ4n) is 3.31. The van der Waals surface area contributed by atoms with E-state index in [0.29, 0.717) is 25.3 Å². The summed E-state index contributed by atoms with van der Waals surface area (Å²) >= 11 is 0. The number of benzene rings is 2. The van der Waals surface area contributed by atoms with Crippen LogP contribution in [-0.2, 0) is 17.5 Å². The number of ether oxygens (including phenoxy) is 1. The Morgan fingerprint density at radius 1 is 1.03 bits per heavy atom. The molecule has 1 atom stereocenters. The van der Waals surface area contributed by atoms with E-state index in [-0.39, 0.29) is 12.6 Å². The van der Waals surface area contributed by atoms with E-state index in [1.54, 1.807) is 6.07 Å². The number of nitrogens with zero attached hydrogens (tertiary/aromatic N) is 1. The lowest BCUT2D eigenvalue weighted by Crippen LogP contribution is -2.45. The average Bonchev–Trinajstić information content (AvgIpc) is 2.73. The number of hydrogen-bond acceptors (Lipinski definition) is 3. The molecule has 1 fully saturated rings. The molecule has 1 aliphatic rings. The summed E-state index contributed by atoms with van der Waals surface area (Å²) in [6.07, 6.45) is -4.40. The van der Waals surface area contributed by atoms with Crippen LogP contribution < -0.4 is 10.6 Å². The fraction of sp³-hybridized carbons (Fsp3) is 0.381. The number of morpholine rings is 1. The van der Waals surface area contributed by atoms with Crippen LogP contribution in [0.15, 0.2) is 54.6 Å². The van der Waals surface area contributed by atoms with Gasteiger partial charge >= 0.3 is 12.2 Å². The summed E-state index contributed by atoms with van der Waals surface area (Å²) in [5.41, 5.74) is 0.754. The van der Waals surface area contributed by atoms with Gasteiger partial charge in [0.25, 0.3) is 0 Å². The number of carbonyl (C=O) groups excluding carboxylic acids is 1. The fourth-order valence-corrected chi connectivity index (χ4v) is 3.31. The largest absolute Gasteiger partial charge is 0.416 e. The van der Waals surface area contributed by atoms with Gasteiger partial charge in [0.05, 0.1) is 24.8 Å². The van der Waals surface area contributed by atoms with Gasteiger partial charge in [0.15, 0.2) is 0 Å². The molecule has 3 rings (SSSR count). The zero-order valence-electron chi connectivity index (χ0n) is 15.9. The molecule has 0 radical (unpaired) electrons. The predicted molar refractivity (Wildman–Crippen MR) is 103 cm³/mol. The number of urea groups is 1. The number of nitrogens with one attached hydrogen (secondary N) is 2. The SMILES string of the molecule is O=C(NCc1cccc(C(F)(F)F)c1)NCC(c1ccccc1)N1CCOCC1. The standard InChI is InChI=1S/C21H24F3N3O2/c22-21(23,24)18-8-4-5-16(13-18)14-25-20(28)26-15-19(17-6-2-1-3-7-17)27-9-11-29-12-10-27/h1-8,13,19H,9-12,14-15H2,(H2,25,26,28). The Balaban J connectivity index is 1.56. The minimum absolute atomic E-state index is 0.000549. The average molecular weight is 407 g/mol. The molecule has 0 spiro atoms. The molecule has 0 aromatic heterocycles. The maximum atomic E-state index is 12.8. The third-order valence-electron chi connectivity index (χ3n) is 4.83. The van der Waals surface area contributed by atoms with Crippen LogP contribution in [0.1, 0.15) is 22.7 Å². The molecule has 2 N–H and O–H groups in total. The highest BCUT2D eigenvalue weighted by molar-refractivity contribution is 5.73. The Hall–Kier alpha value is -2.58. The number of halogens is 3. The van der Waals surface area contributed by atoms with E-state index >= 15 is 0 Å². The van der Waals surface area contributed by atoms with E-state index in [1.807, 2.05) is 30.3 Å². The van der Waals surface area contributed by atoms with E-state index in [0.717, 1.165) is 30.8 Å². The second-order valence-electron chi connectivity index (χ2n) is 6.84. The molecule has 1 heterocycles. The predicted octanol–water partition coefficient (Wildman–Crippen LogP) is 3.58. The monoisotopic (exact) mass is 407 g/mol. The van der Waals surface area contributed by atoms with Crippen molar-refractivity contribution in [2.24, 2.45) is 0 Å². The van der Waals surface area contributed by atoms with Crippen LogP contribution in [0.4, 0.5) is 18.0 Å². The second-order valence-corrected chi connectivity index (χ2v) is 6.84. The van der Waals surface area contributed by atoms with Crippen molar-refractivity contribution in [3.63, 3.8) is 0 Å². The molecular weight excluding hydrogens is 383 g/mol. The molecule has 2 aromatic carbocycles. The first kappa shape index (κ1) is 21.1. The number of rotatable bonds is 6. The lowest BCUT2D eigenvalue weighted by molar-refractivity contribution is -0.137. The molecule has 1 unspecified atom stereocenters. The maximum Gasteiger partial charge on any atom is 0.416 e. The molecule has 0 aliphatic carbocycles. The molecule has 5 nitrogen and oxygen atoms in total. The molecule has 2 amide bonds. The minimum atomic E-state index is -4.40. The van der Waals surface area contributed by atoms with Crippen LogP contribution in [0.3, 0.4) is 0 Å². The summed E-state index contributed by atoms with van der Waals surface area (Å²) in [7, 11) is 0. The zero-order chi connectivity index (χ0) is 20.7. The number of carbonyl (C=O) groups is 1. The van der Waals surface area contributed by atoms with Gasteiger partial charge in [0.2, 0.25) is 0 Å². The minimum Gasteiger partial charge on any atom is -0.379 e. The van der Waals surface area contributed by atoms with Crippen molar-refractivity contribution in [2.75, 3.05) is 32.8 Å². The summed E-state index contributed by atoms with van der Waals surface area (Å²) in [5, 5.41) is 5.47. The molecule has 29 heavy (non-hydrogen) atoms. The van der Waals surface area contributed by atoms with Crippen molar-refractivity contribution >= 4 is 6.03 Å². The summed E-state index contributed by atoms with van der Waals surface area (Å²) in [4.78, 5) is 14.5. The molecule has 0 saturated carbocycles. The van der Waals surface area contributed by atoms with Gasteiger partial charge in [-0.3, -0.25) is 4.90 Å². The molecule has 156 valence electrons. The molecule has 1 aliphatic heterocycles.